The van der Waals surface area contributed by atoms with Gasteiger partial charge in [0.2, 0.25) is 0 Å². The zero-order valence-electron chi connectivity index (χ0n) is 31.2. The molecule has 0 bridgehead atoms. The van der Waals surface area contributed by atoms with Gasteiger partial charge in [0.05, 0.1) is 11.0 Å². The van der Waals surface area contributed by atoms with Crippen molar-refractivity contribution in [2.75, 3.05) is 0 Å². The zero-order valence-corrected chi connectivity index (χ0v) is 32.0. The average Bonchev–Trinajstić information content (AvgIpc) is 3.95. The molecule has 0 radical (unpaired) electrons. The van der Waals surface area contributed by atoms with E-state index in [0.29, 0.717) is 0 Å². The van der Waals surface area contributed by atoms with Crippen molar-refractivity contribution in [2.24, 2.45) is 0 Å². The van der Waals surface area contributed by atoms with Crippen LogP contribution in [0, 0.1) is 0 Å². The number of aromatic nitrogens is 2. The van der Waals surface area contributed by atoms with Gasteiger partial charge in [-0.3, -0.25) is 0 Å². The molecule has 1 unspecified atom stereocenters. The van der Waals surface area contributed by atoms with Crippen LogP contribution in [0.2, 0.25) is 0 Å². The van der Waals surface area contributed by atoms with Crippen LogP contribution in [0.4, 0.5) is 0 Å². The van der Waals surface area contributed by atoms with Gasteiger partial charge in [0.25, 0.3) is 0 Å². The lowest BCUT2D eigenvalue weighted by atomic mass is 9.99. The van der Waals surface area contributed by atoms with Gasteiger partial charge in [0.15, 0.2) is 0 Å². The minimum absolute atomic E-state index is 1.10. The Hall–Kier alpha value is -6.29. The van der Waals surface area contributed by atoms with E-state index in [1.807, 2.05) is 13.8 Å². The first kappa shape index (κ1) is 33.3. The highest BCUT2D eigenvalue weighted by atomic mass is 32.3. The van der Waals surface area contributed by atoms with Gasteiger partial charge in [0, 0.05) is 48.1 Å². The molecular formula is C52H42N2S. The molecule has 0 fully saturated rings. The molecule has 7 aromatic carbocycles. The Bertz CT molecular complexity index is 2980. The summed E-state index contributed by atoms with van der Waals surface area (Å²) in [6.45, 7) is 4.00. The van der Waals surface area contributed by atoms with Crippen LogP contribution in [-0.2, 0) is 0 Å². The number of H-pyrrole nitrogens is 1. The Labute approximate surface area is 324 Å². The smallest absolute Gasteiger partial charge is 0.0541 e. The Morgan fingerprint density at radius 1 is 0.527 bits per heavy atom. The topological polar surface area (TPSA) is 20.7 Å². The van der Waals surface area contributed by atoms with E-state index in [2.05, 4.69) is 197 Å². The van der Waals surface area contributed by atoms with Gasteiger partial charge in [-0.15, -0.1) is 10.0 Å². The Kier molecular flexibility index (Phi) is 8.19. The first-order chi connectivity index (χ1) is 27.3. The summed E-state index contributed by atoms with van der Waals surface area (Å²) in [7, 11) is -1.51. The normalized spacial score (nSPS) is 17.2. The third-order valence-corrected chi connectivity index (χ3v) is 14.9. The molecule has 1 aliphatic heterocycles. The minimum Gasteiger partial charge on any atom is -0.354 e. The van der Waals surface area contributed by atoms with E-state index in [9.17, 15) is 0 Å². The summed E-state index contributed by atoms with van der Waals surface area (Å²) in [6, 6.07) is 58.1. The predicted octanol–water partition coefficient (Wildman–Crippen LogP) is 15.2. The number of benzene rings is 7. The van der Waals surface area contributed by atoms with E-state index < -0.39 is 10.0 Å². The van der Waals surface area contributed by atoms with Gasteiger partial charge >= 0.3 is 0 Å². The summed E-state index contributed by atoms with van der Waals surface area (Å²) in [5.74, 6) is 0. The number of nitrogens with one attached hydrogen (secondary N) is 1. The molecule has 1 atom stereocenters. The van der Waals surface area contributed by atoms with Crippen molar-refractivity contribution in [3.63, 3.8) is 0 Å². The number of fused-ring (bicyclic) bond motifs is 8. The second kappa shape index (κ2) is 13.5. The SMILES string of the molecule is C1=CC(S2(c3ccccc3)C=Cc3c2ccc2[nH]c4ccc(-c5ccc6c(c5)c5ccccc5n6-c5ccc(-c6ccccc6)cc5)cc4c32)=CCC1.CC. The van der Waals surface area contributed by atoms with E-state index in [0.717, 1.165) is 12.8 Å². The third kappa shape index (κ3) is 5.26. The van der Waals surface area contributed by atoms with Gasteiger partial charge in [-0.2, -0.15) is 0 Å². The van der Waals surface area contributed by atoms with Crippen molar-refractivity contribution in [3.05, 3.63) is 192 Å². The summed E-state index contributed by atoms with van der Waals surface area (Å²) >= 11 is 0. The molecule has 1 N–H and O–H groups in total. The number of hydrogen-bond donors (Lipinski definition) is 1. The Morgan fingerprint density at radius 2 is 1.18 bits per heavy atom. The number of aromatic amines is 1. The highest BCUT2D eigenvalue weighted by Gasteiger charge is 2.36. The number of hydrogen-bond acceptors (Lipinski definition) is 0. The maximum absolute atomic E-state index is 3.77. The van der Waals surface area contributed by atoms with Crippen molar-refractivity contribution in [3.8, 4) is 27.9 Å². The molecule has 2 nitrogen and oxygen atoms in total. The molecule has 0 spiro atoms. The number of nitrogens with zero attached hydrogens (tertiary/aromatic N) is 1. The molecule has 11 rings (SSSR count). The van der Waals surface area contributed by atoms with Crippen LogP contribution in [0.5, 0.6) is 0 Å². The molecule has 3 heterocycles. The predicted molar refractivity (Wildman–Crippen MR) is 238 cm³/mol. The molecule has 2 aromatic heterocycles. The molecule has 9 aromatic rings. The van der Waals surface area contributed by atoms with Crippen LogP contribution < -0.4 is 0 Å². The maximum atomic E-state index is 3.77. The highest BCUT2D eigenvalue weighted by molar-refractivity contribution is 8.39. The van der Waals surface area contributed by atoms with Crippen LogP contribution in [0.15, 0.2) is 196 Å². The van der Waals surface area contributed by atoms with Crippen LogP contribution in [0.25, 0.3) is 77.6 Å². The molecule has 55 heavy (non-hydrogen) atoms. The lowest BCUT2D eigenvalue weighted by molar-refractivity contribution is 1.03. The molecule has 0 amide bonds. The van der Waals surface area contributed by atoms with Crippen molar-refractivity contribution in [1.29, 1.82) is 0 Å². The van der Waals surface area contributed by atoms with Crippen molar-refractivity contribution in [2.45, 2.75) is 36.5 Å². The van der Waals surface area contributed by atoms with E-state index >= 15 is 0 Å². The van der Waals surface area contributed by atoms with Gasteiger partial charge in [-0.1, -0.05) is 123 Å². The van der Waals surface area contributed by atoms with Crippen LogP contribution in [0.3, 0.4) is 0 Å². The highest BCUT2D eigenvalue weighted by Crippen LogP contribution is 2.74. The first-order valence-electron chi connectivity index (χ1n) is 19.5. The van der Waals surface area contributed by atoms with Crippen LogP contribution in [0.1, 0.15) is 32.3 Å². The zero-order chi connectivity index (χ0) is 36.9. The maximum Gasteiger partial charge on any atom is 0.0541 e. The monoisotopic (exact) mass is 726 g/mol. The third-order valence-electron chi connectivity index (χ3n) is 11.2. The number of para-hydroxylation sites is 1. The van der Waals surface area contributed by atoms with Gasteiger partial charge in [0.1, 0.15) is 0 Å². The summed E-state index contributed by atoms with van der Waals surface area (Å²) in [4.78, 5) is 8.05. The molecule has 3 heteroatoms. The van der Waals surface area contributed by atoms with Crippen molar-refractivity contribution in [1.82, 2.24) is 9.55 Å². The van der Waals surface area contributed by atoms with E-state index in [4.69, 9.17) is 0 Å². The lowest BCUT2D eigenvalue weighted by Gasteiger charge is -2.38. The fourth-order valence-corrected chi connectivity index (χ4v) is 12.4. The largest absolute Gasteiger partial charge is 0.354 e. The van der Waals surface area contributed by atoms with Gasteiger partial charge < -0.3 is 9.55 Å². The Morgan fingerprint density at radius 3 is 1.96 bits per heavy atom. The van der Waals surface area contributed by atoms with Crippen molar-refractivity contribution >= 4 is 59.7 Å². The quantitative estimate of drug-likeness (QED) is 0.182. The molecule has 2 aliphatic rings. The fourth-order valence-electron chi connectivity index (χ4n) is 8.74. The van der Waals surface area contributed by atoms with Crippen molar-refractivity contribution < 1.29 is 0 Å². The van der Waals surface area contributed by atoms with E-state index in [1.165, 1.54) is 91.8 Å². The summed E-state index contributed by atoms with van der Waals surface area (Å²) in [5.41, 5.74) is 12.2. The number of allylic oxidation sites excluding steroid dienone is 3. The molecule has 266 valence electrons. The Balaban J connectivity index is 0.00000183. The summed E-state index contributed by atoms with van der Waals surface area (Å²) in [6.07, 6.45) is 11.8. The minimum atomic E-state index is -1.51. The first-order valence-corrected chi connectivity index (χ1v) is 21.2. The molecule has 0 saturated carbocycles. The second-order valence-corrected chi connectivity index (χ2v) is 17.1. The van der Waals surface area contributed by atoms with Gasteiger partial charge in [-0.05, 0) is 124 Å². The molecular weight excluding hydrogens is 685 g/mol. The standard InChI is InChI=1S/C50H36N2S.C2H6/c1-4-12-34(13-5-1)35-20-24-38(25-21-35)52-47-19-11-10-18-41(47)43-32-37(23-28-48(43)52)36-22-26-45-44(33-36)50-42-30-31-53(39-14-6-2-7-15-39,40-16-8-3-9-17-40)49(42)29-27-46(50)51-45;1-2/h1-2,4-8,10-33,51H,3,9H2;1-2H3. The average molecular weight is 727 g/mol. The fraction of sp³-hybridized carbons (Fsp3) is 0.0769. The second-order valence-electron chi connectivity index (χ2n) is 14.1. The van der Waals surface area contributed by atoms with Gasteiger partial charge in [-0.25, -0.2) is 0 Å². The van der Waals surface area contributed by atoms with Crippen LogP contribution in [-0.4, -0.2) is 9.55 Å². The number of rotatable bonds is 5. The van der Waals surface area contributed by atoms with E-state index in [1.54, 1.807) is 0 Å². The van der Waals surface area contributed by atoms with E-state index in [-0.39, 0.29) is 0 Å². The summed E-state index contributed by atoms with van der Waals surface area (Å²) in [5, 5.41) is 7.64. The summed E-state index contributed by atoms with van der Waals surface area (Å²) < 4.78 is 2.40. The lowest BCUT2D eigenvalue weighted by Crippen LogP contribution is -2.02. The molecule has 1 aliphatic carbocycles. The molecule has 0 saturated heterocycles. The van der Waals surface area contributed by atoms with Crippen LogP contribution >= 0.6 is 10.0 Å².